The van der Waals surface area contributed by atoms with Crippen molar-refractivity contribution < 1.29 is 0 Å². The highest BCUT2D eigenvalue weighted by Crippen LogP contribution is 2.41. The summed E-state index contributed by atoms with van der Waals surface area (Å²) in [6.45, 7) is 18.9. The van der Waals surface area contributed by atoms with Crippen molar-refractivity contribution in [2.45, 2.75) is 0 Å². The van der Waals surface area contributed by atoms with Crippen molar-refractivity contribution in [2.24, 2.45) is 0 Å². The van der Waals surface area contributed by atoms with Gasteiger partial charge in [0.2, 0.25) is 0 Å². The zero-order valence-electron chi connectivity index (χ0n) is 16.5. The predicted molar refractivity (Wildman–Crippen MR) is 127 cm³/mol. The van der Waals surface area contributed by atoms with Crippen molar-refractivity contribution in [3.05, 3.63) is 99.2 Å². The van der Waals surface area contributed by atoms with Gasteiger partial charge in [-0.05, 0) is 22.9 Å². The maximum atomic E-state index is 3.97. The molecule has 0 saturated heterocycles. The molecule has 28 heavy (non-hydrogen) atoms. The summed E-state index contributed by atoms with van der Waals surface area (Å²) < 4.78 is 0. The Balaban J connectivity index is 2.42. The summed E-state index contributed by atoms with van der Waals surface area (Å²) in [5.74, 6) is 0. The van der Waals surface area contributed by atoms with E-state index in [0.717, 1.165) is 26.2 Å². The lowest BCUT2D eigenvalue weighted by Crippen LogP contribution is -2.26. The lowest BCUT2D eigenvalue weighted by molar-refractivity contribution is 0.953. The van der Waals surface area contributed by atoms with E-state index >= 15 is 0 Å². The number of anilines is 2. The fourth-order valence-electron chi connectivity index (χ4n) is 3.82. The molecule has 0 spiro atoms. The second-order valence-corrected chi connectivity index (χ2v) is 6.79. The molecule has 0 fully saturated rings. The van der Waals surface area contributed by atoms with Gasteiger partial charge in [0.05, 0.1) is 5.69 Å². The van der Waals surface area contributed by atoms with Crippen LogP contribution in [0.1, 0.15) is 0 Å². The molecule has 0 aliphatic heterocycles. The highest BCUT2D eigenvalue weighted by atomic mass is 15.1. The molecule has 0 N–H and O–H groups in total. The fraction of sp³-hybridized carbons (Fsp3) is 0.154. The average Bonchev–Trinajstić information content (AvgIpc) is 2.71. The van der Waals surface area contributed by atoms with Crippen molar-refractivity contribution in [3.8, 4) is 0 Å². The number of benzene rings is 3. The summed E-state index contributed by atoms with van der Waals surface area (Å²) in [6, 6.07) is 17.3. The predicted octanol–water partition coefficient (Wildman–Crippen LogP) is 6.35. The lowest BCUT2D eigenvalue weighted by atomic mass is 9.98. The third-order valence-electron chi connectivity index (χ3n) is 4.89. The lowest BCUT2D eigenvalue weighted by Gasteiger charge is -2.30. The quantitative estimate of drug-likeness (QED) is 0.304. The van der Waals surface area contributed by atoms with E-state index in [1.54, 1.807) is 0 Å². The minimum atomic E-state index is 0.756. The summed E-state index contributed by atoms with van der Waals surface area (Å²) in [4.78, 5) is 4.65. The second-order valence-electron chi connectivity index (χ2n) is 6.79. The summed E-state index contributed by atoms with van der Waals surface area (Å²) in [7, 11) is 0. The topological polar surface area (TPSA) is 6.48 Å². The summed E-state index contributed by atoms with van der Waals surface area (Å²) in [6.07, 6.45) is 7.78. The van der Waals surface area contributed by atoms with E-state index in [-0.39, 0.29) is 0 Å². The number of rotatable bonds is 10. The molecule has 3 aromatic carbocycles. The van der Waals surface area contributed by atoms with Gasteiger partial charge in [0.25, 0.3) is 0 Å². The van der Waals surface area contributed by atoms with Gasteiger partial charge in [0.15, 0.2) is 0 Å². The van der Waals surface area contributed by atoms with Gasteiger partial charge in [-0.25, -0.2) is 0 Å². The van der Waals surface area contributed by atoms with Crippen molar-refractivity contribution in [2.75, 3.05) is 36.0 Å². The Morgan fingerprint density at radius 2 is 1.21 bits per heavy atom. The highest BCUT2D eigenvalue weighted by molar-refractivity contribution is 6.16. The molecule has 2 nitrogen and oxygen atoms in total. The molecule has 142 valence electrons. The Morgan fingerprint density at radius 1 is 0.643 bits per heavy atom. The van der Waals surface area contributed by atoms with Gasteiger partial charge in [0, 0.05) is 42.6 Å². The van der Waals surface area contributed by atoms with Crippen molar-refractivity contribution in [1.82, 2.24) is 0 Å². The van der Waals surface area contributed by atoms with E-state index in [4.69, 9.17) is 0 Å². The molecule has 0 aromatic heterocycles. The zero-order valence-corrected chi connectivity index (χ0v) is 16.5. The minimum absolute atomic E-state index is 0.756. The normalized spacial score (nSPS) is 10.6. The number of hydrogen-bond donors (Lipinski definition) is 0. The fourth-order valence-corrected chi connectivity index (χ4v) is 3.82. The SMILES string of the molecule is C=CCN(CC=C)c1cccc2cc3ccccc3c(N(CC=C)CC=C)c12. The van der Waals surface area contributed by atoms with E-state index < -0.39 is 0 Å². The molecular formula is C26H28N2. The van der Waals surface area contributed by atoms with Crippen molar-refractivity contribution >= 4 is 32.9 Å². The Labute approximate surface area is 168 Å². The van der Waals surface area contributed by atoms with Crippen LogP contribution in [0, 0.1) is 0 Å². The number of fused-ring (bicyclic) bond motifs is 2. The first kappa shape index (κ1) is 19.5. The Hall–Kier alpha value is -3.26. The summed E-state index contributed by atoms with van der Waals surface area (Å²) >= 11 is 0. The first-order chi connectivity index (χ1) is 13.7. The van der Waals surface area contributed by atoms with Crippen LogP contribution < -0.4 is 9.80 Å². The van der Waals surface area contributed by atoms with Crippen LogP contribution in [0.15, 0.2) is 99.2 Å². The van der Waals surface area contributed by atoms with Crippen LogP contribution in [0.5, 0.6) is 0 Å². The zero-order chi connectivity index (χ0) is 19.9. The molecule has 0 unspecified atom stereocenters. The third kappa shape index (κ3) is 3.72. The van der Waals surface area contributed by atoms with E-state index in [1.807, 2.05) is 24.3 Å². The van der Waals surface area contributed by atoms with Gasteiger partial charge in [-0.3, -0.25) is 0 Å². The van der Waals surface area contributed by atoms with Gasteiger partial charge < -0.3 is 9.80 Å². The number of hydrogen-bond acceptors (Lipinski definition) is 2. The monoisotopic (exact) mass is 368 g/mol. The molecule has 2 heteroatoms. The Kier molecular flexibility index (Phi) is 6.33. The molecule has 3 rings (SSSR count). The second kappa shape index (κ2) is 9.09. The van der Waals surface area contributed by atoms with Gasteiger partial charge in [-0.15, -0.1) is 26.3 Å². The van der Waals surface area contributed by atoms with Crippen LogP contribution in [-0.2, 0) is 0 Å². The molecule has 0 radical (unpaired) electrons. The maximum absolute atomic E-state index is 3.97. The Bertz CT molecular complexity index is 996. The summed E-state index contributed by atoms with van der Waals surface area (Å²) in [5, 5.41) is 4.94. The molecule has 0 saturated carbocycles. The maximum Gasteiger partial charge on any atom is 0.0552 e. The van der Waals surface area contributed by atoms with E-state index in [0.29, 0.717) is 0 Å². The van der Waals surface area contributed by atoms with Crippen LogP contribution in [0.2, 0.25) is 0 Å². The van der Waals surface area contributed by atoms with Crippen molar-refractivity contribution in [1.29, 1.82) is 0 Å². The van der Waals surface area contributed by atoms with Crippen LogP contribution >= 0.6 is 0 Å². The smallest absolute Gasteiger partial charge is 0.0552 e. The molecule has 0 heterocycles. The number of nitrogens with zero attached hydrogens (tertiary/aromatic N) is 2. The molecule has 0 atom stereocenters. The van der Waals surface area contributed by atoms with Crippen LogP contribution in [0.25, 0.3) is 21.5 Å². The molecule has 0 aliphatic carbocycles. The Morgan fingerprint density at radius 3 is 1.86 bits per heavy atom. The molecule has 0 aliphatic rings. The van der Waals surface area contributed by atoms with Crippen molar-refractivity contribution in [3.63, 3.8) is 0 Å². The molecule has 3 aromatic rings. The third-order valence-corrected chi connectivity index (χ3v) is 4.89. The van der Waals surface area contributed by atoms with E-state index in [9.17, 15) is 0 Å². The van der Waals surface area contributed by atoms with Gasteiger partial charge in [0.1, 0.15) is 0 Å². The van der Waals surface area contributed by atoms with Crippen LogP contribution in [0.3, 0.4) is 0 Å². The van der Waals surface area contributed by atoms with Gasteiger partial charge >= 0.3 is 0 Å². The minimum Gasteiger partial charge on any atom is -0.364 e. The van der Waals surface area contributed by atoms with Gasteiger partial charge in [-0.2, -0.15) is 0 Å². The molecular weight excluding hydrogens is 340 g/mol. The van der Waals surface area contributed by atoms with Crippen LogP contribution in [-0.4, -0.2) is 26.2 Å². The molecule has 0 bridgehead atoms. The standard InChI is InChI=1S/C26H28N2/c1-5-16-27(17-6-2)24-15-11-13-22-20-21-12-9-10-14-23(21)26(25(22)24)28(18-7-3)19-8-4/h5-15,20H,1-4,16-19H2. The largest absolute Gasteiger partial charge is 0.364 e. The average molecular weight is 369 g/mol. The van der Waals surface area contributed by atoms with E-state index in [2.05, 4.69) is 84.6 Å². The molecule has 0 amide bonds. The first-order valence-corrected chi connectivity index (χ1v) is 9.63. The first-order valence-electron chi connectivity index (χ1n) is 9.63. The summed E-state index contributed by atoms with van der Waals surface area (Å²) in [5.41, 5.74) is 2.41. The van der Waals surface area contributed by atoms with Gasteiger partial charge in [-0.1, -0.05) is 60.7 Å². The van der Waals surface area contributed by atoms with Crippen LogP contribution in [0.4, 0.5) is 11.4 Å². The van der Waals surface area contributed by atoms with E-state index in [1.165, 1.54) is 32.9 Å². The highest BCUT2D eigenvalue weighted by Gasteiger charge is 2.18.